The van der Waals surface area contributed by atoms with Gasteiger partial charge in [-0.25, -0.2) is 17.8 Å². The maximum atomic E-state index is 13.5. The van der Waals surface area contributed by atoms with E-state index < -0.39 is 15.8 Å². The Balaban J connectivity index is 2.33. The summed E-state index contributed by atoms with van der Waals surface area (Å²) in [6.45, 7) is 0. The highest BCUT2D eigenvalue weighted by Gasteiger charge is 2.16. The van der Waals surface area contributed by atoms with Gasteiger partial charge in [-0.1, -0.05) is 11.6 Å². The molecule has 20 heavy (non-hydrogen) atoms. The number of anilines is 1. The van der Waals surface area contributed by atoms with Crippen LogP contribution in [0.15, 0.2) is 41.4 Å². The first-order valence-corrected chi connectivity index (χ1v) is 7.12. The molecule has 0 spiro atoms. The summed E-state index contributed by atoms with van der Waals surface area (Å²) in [6.07, 6.45) is 1.02. The van der Waals surface area contributed by atoms with E-state index in [0.29, 0.717) is 0 Å². The summed E-state index contributed by atoms with van der Waals surface area (Å²) >= 11 is 5.58. The Bertz CT molecular complexity index is 785. The Morgan fingerprint density at radius 3 is 2.60 bits per heavy atom. The molecule has 1 aromatic heterocycles. The number of pyridine rings is 1. The Morgan fingerprint density at radius 1 is 1.30 bits per heavy atom. The van der Waals surface area contributed by atoms with Gasteiger partial charge in [0.05, 0.1) is 5.69 Å². The molecule has 1 aromatic carbocycles. The smallest absolute Gasteiger partial charge is 0.263 e. The first kappa shape index (κ1) is 14.2. The Morgan fingerprint density at radius 2 is 2.05 bits per heavy atom. The maximum Gasteiger partial charge on any atom is 0.263 e. The fourth-order valence-electron chi connectivity index (χ4n) is 1.38. The average molecular weight is 312 g/mol. The second-order valence-electron chi connectivity index (χ2n) is 3.72. The molecule has 1 heterocycles. The molecule has 0 saturated carbocycles. The average Bonchev–Trinajstić information content (AvgIpc) is 2.42. The number of halogens is 2. The zero-order valence-corrected chi connectivity index (χ0v) is 11.4. The standard InChI is InChI=1S/C12H7ClFN3O2S/c13-8-1-4-12(11(14)5-8)17-20(18,19)10-3-2-9(6-15)16-7-10/h1-5,7,17H. The van der Waals surface area contributed by atoms with Crippen LogP contribution in [0.5, 0.6) is 0 Å². The molecule has 2 aromatic rings. The third kappa shape index (κ3) is 3.04. The van der Waals surface area contributed by atoms with Gasteiger partial charge in [-0.15, -0.1) is 0 Å². The molecule has 0 saturated heterocycles. The van der Waals surface area contributed by atoms with Crippen LogP contribution >= 0.6 is 11.6 Å². The number of sulfonamides is 1. The third-order valence-corrected chi connectivity index (χ3v) is 3.92. The molecule has 0 fully saturated rings. The minimum atomic E-state index is -3.98. The van der Waals surface area contributed by atoms with E-state index in [1.54, 1.807) is 6.07 Å². The fraction of sp³-hybridized carbons (Fsp3) is 0. The second kappa shape index (κ2) is 5.45. The largest absolute Gasteiger partial charge is 0.277 e. The molecule has 0 unspecified atom stereocenters. The van der Waals surface area contributed by atoms with E-state index in [4.69, 9.17) is 16.9 Å². The molecular weight excluding hydrogens is 305 g/mol. The van der Waals surface area contributed by atoms with E-state index >= 15 is 0 Å². The summed E-state index contributed by atoms with van der Waals surface area (Å²) in [7, 11) is -3.98. The summed E-state index contributed by atoms with van der Waals surface area (Å²) in [5, 5.41) is 8.75. The van der Waals surface area contributed by atoms with Crippen molar-refractivity contribution in [2.45, 2.75) is 4.90 Å². The first-order valence-electron chi connectivity index (χ1n) is 5.26. The third-order valence-electron chi connectivity index (χ3n) is 2.34. The molecule has 102 valence electrons. The second-order valence-corrected chi connectivity index (χ2v) is 5.84. The highest BCUT2D eigenvalue weighted by molar-refractivity contribution is 7.92. The highest BCUT2D eigenvalue weighted by Crippen LogP contribution is 2.22. The van der Waals surface area contributed by atoms with Crippen LogP contribution in [0.2, 0.25) is 5.02 Å². The highest BCUT2D eigenvalue weighted by atomic mass is 35.5. The minimum absolute atomic E-state index is 0.0848. The molecule has 2 rings (SSSR count). The van der Waals surface area contributed by atoms with E-state index in [1.165, 1.54) is 24.3 Å². The van der Waals surface area contributed by atoms with Crippen LogP contribution in [0.25, 0.3) is 0 Å². The van der Waals surface area contributed by atoms with Gasteiger partial charge in [-0.05, 0) is 30.3 Å². The predicted octanol–water partition coefficient (Wildman–Crippen LogP) is 2.55. The summed E-state index contributed by atoms with van der Waals surface area (Å²) in [4.78, 5) is 3.47. The molecule has 0 radical (unpaired) electrons. The van der Waals surface area contributed by atoms with Crippen molar-refractivity contribution in [3.63, 3.8) is 0 Å². The van der Waals surface area contributed by atoms with Gasteiger partial charge in [0.1, 0.15) is 22.5 Å². The molecule has 0 aliphatic rings. The van der Waals surface area contributed by atoms with Gasteiger partial charge in [0.15, 0.2) is 0 Å². The SMILES string of the molecule is N#Cc1ccc(S(=O)(=O)Nc2ccc(Cl)cc2F)cn1. The zero-order chi connectivity index (χ0) is 14.8. The number of hydrogen-bond donors (Lipinski definition) is 1. The van der Waals surface area contributed by atoms with Crippen molar-refractivity contribution in [2.75, 3.05) is 4.72 Å². The van der Waals surface area contributed by atoms with E-state index in [1.807, 2.05) is 0 Å². The quantitative estimate of drug-likeness (QED) is 0.944. The fourth-order valence-corrected chi connectivity index (χ4v) is 2.55. The van der Waals surface area contributed by atoms with Crippen LogP contribution in [0.4, 0.5) is 10.1 Å². The predicted molar refractivity (Wildman–Crippen MR) is 71.2 cm³/mol. The summed E-state index contributed by atoms with van der Waals surface area (Å²) in [5.74, 6) is -0.789. The monoisotopic (exact) mass is 311 g/mol. The van der Waals surface area contributed by atoms with Gasteiger partial charge in [-0.3, -0.25) is 4.72 Å². The number of nitrogens with one attached hydrogen (secondary N) is 1. The van der Waals surface area contributed by atoms with Crippen molar-refractivity contribution >= 4 is 27.3 Å². The van der Waals surface area contributed by atoms with Crippen LogP contribution < -0.4 is 4.72 Å². The lowest BCUT2D eigenvalue weighted by Gasteiger charge is -2.08. The molecule has 0 aliphatic carbocycles. The van der Waals surface area contributed by atoms with Crippen molar-refractivity contribution < 1.29 is 12.8 Å². The number of benzene rings is 1. The molecule has 5 nitrogen and oxygen atoms in total. The molecule has 0 atom stereocenters. The lowest BCUT2D eigenvalue weighted by molar-refractivity contribution is 0.598. The van der Waals surface area contributed by atoms with Crippen molar-refractivity contribution in [1.82, 2.24) is 4.98 Å². The minimum Gasteiger partial charge on any atom is -0.277 e. The lowest BCUT2D eigenvalue weighted by Crippen LogP contribution is -2.14. The summed E-state index contributed by atoms with van der Waals surface area (Å²) < 4.78 is 39.6. The molecule has 1 N–H and O–H groups in total. The van der Waals surface area contributed by atoms with E-state index in [0.717, 1.165) is 12.3 Å². The Labute approximate surface area is 119 Å². The molecule has 0 bridgehead atoms. The van der Waals surface area contributed by atoms with Crippen LogP contribution in [-0.2, 0) is 10.0 Å². The number of hydrogen-bond acceptors (Lipinski definition) is 4. The Hall–Kier alpha value is -2.17. The van der Waals surface area contributed by atoms with E-state index in [9.17, 15) is 12.8 Å². The number of aromatic nitrogens is 1. The van der Waals surface area contributed by atoms with Crippen molar-refractivity contribution in [2.24, 2.45) is 0 Å². The van der Waals surface area contributed by atoms with Gasteiger partial charge < -0.3 is 0 Å². The van der Waals surface area contributed by atoms with Crippen LogP contribution in [0.1, 0.15) is 5.69 Å². The number of nitriles is 1. The van der Waals surface area contributed by atoms with Crippen molar-refractivity contribution in [1.29, 1.82) is 5.26 Å². The van der Waals surface area contributed by atoms with Crippen molar-refractivity contribution in [3.8, 4) is 6.07 Å². The van der Waals surface area contributed by atoms with Gasteiger partial charge in [0.25, 0.3) is 10.0 Å². The number of rotatable bonds is 3. The first-order chi connectivity index (χ1) is 9.42. The van der Waals surface area contributed by atoms with Gasteiger partial charge in [-0.2, -0.15) is 5.26 Å². The normalized spacial score (nSPS) is 10.8. The lowest BCUT2D eigenvalue weighted by atomic mass is 10.3. The van der Waals surface area contributed by atoms with E-state index in [2.05, 4.69) is 9.71 Å². The zero-order valence-electron chi connectivity index (χ0n) is 9.84. The molecule has 0 amide bonds. The van der Waals surface area contributed by atoms with Crippen LogP contribution in [0.3, 0.4) is 0 Å². The topological polar surface area (TPSA) is 82.8 Å². The van der Waals surface area contributed by atoms with Gasteiger partial charge in [0, 0.05) is 11.2 Å². The van der Waals surface area contributed by atoms with E-state index in [-0.39, 0.29) is 21.3 Å². The van der Waals surface area contributed by atoms with Crippen LogP contribution in [0, 0.1) is 17.1 Å². The van der Waals surface area contributed by atoms with Gasteiger partial charge in [0.2, 0.25) is 0 Å². The van der Waals surface area contributed by atoms with Crippen LogP contribution in [-0.4, -0.2) is 13.4 Å². The van der Waals surface area contributed by atoms with Gasteiger partial charge >= 0.3 is 0 Å². The molecule has 8 heteroatoms. The molecular formula is C12H7ClFN3O2S. The summed E-state index contributed by atoms with van der Waals surface area (Å²) in [6, 6.07) is 7.81. The Kier molecular flexibility index (Phi) is 3.88. The summed E-state index contributed by atoms with van der Waals surface area (Å²) in [5.41, 5.74) is -0.139. The van der Waals surface area contributed by atoms with Crippen molar-refractivity contribution in [3.05, 3.63) is 53.1 Å². The molecule has 0 aliphatic heterocycles. The number of nitrogens with zero attached hydrogens (tertiary/aromatic N) is 2. The maximum absolute atomic E-state index is 13.5.